The van der Waals surface area contributed by atoms with Crippen LogP contribution in [0.15, 0.2) is 54.3 Å². The molecule has 0 heterocycles. The van der Waals surface area contributed by atoms with Crippen LogP contribution in [0.2, 0.25) is 0 Å². The fourth-order valence-electron chi connectivity index (χ4n) is 1.16. The molecule has 0 fully saturated rings. The molecule has 0 aliphatic carbocycles. The van der Waals surface area contributed by atoms with Crippen LogP contribution in [-0.2, 0) is 0 Å². The molecule has 0 bridgehead atoms. The summed E-state index contributed by atoms with van der Waals surface area (Å²) < 4.78 is 0. The molecule has 0 saturated carbocycles. The van der Waals surface area contributed by atoms with Gasteiger partial charge in [0.2, 0.25) is 0 Å². The minimum absolute atomic E-state index is 0.975. The zero-order valence-corrected chi connectivity index (χ0v) is 12.3. The van der Waals surface area contributed by atoms with Crippen molar-refractivity contribution in [3.63, 3.8) is 0 Å². The highest BCUT2D eigenvalue weighted by molar-refractivity contribution is 9.09. The van der Waals surface area contributed by atoms with Gasteiger partial charge in [-0.1, -0.05) is 59.3 Å². The summed E-state index contributed by atoms with van der Waals surface area (Å²) in [4.78, 5) is 0. The van der Waals surface area contributed by atoms with Crippen LogP contribution in [0.5, 0.6) is 0 Å². The van der Waals surface area contributed by atoms with E-state index in [1.807, 2.05) is 0 Å². The molecule has 0 atom stereocenters. The van der Waals surface area contributed by atoms with E-state index in [9.17, 15) is 0 Å². The lowest BCUT2D eigenvalue weighted by molar-refractivity contribution is 1.19. The number of allylic oxidation sites excluding steroid dienone is 7. The van der Waals surface area contributed by atoms with Crippen molar-refractivity contribution in [1.29, 1.82) is 0 Å². The largest absolute Gasteiger partial charge is 0.129 e. The van der Waals surface area contributed by atoms with Crippen molar-refractivity contribution in [2.45, 2.75) is 39.0 Å². The summed E-state index contributed by atoms with van der Waals surface area (Å²) in [6.45, 7) is 2.16. The molecule has 94 valence electrons. The third-order valence-electron chi connectivity index (χ3n) is 2.02. The fraction of sp³-hybridized carbons (Fsp3) is 0.438. The normalized spacial score (nSPS) is 11.4. The molecular formula is C16H23Br. The standard InChI is InChI=1S/C16H23Br/c1-2-3-4-5-6-7-8-9-10-11-12-13-14-15-16-17/h3-4,6-7,9-10,12,14H,2,5,8,11,15-16H2,1H3. The lowest BCUT2D eigenvalue weighted by Gasteiger charge is -1.83. The first-order chi connectivity index (χ1) is 8.41. The average molecular weight is 295 g/mol. The molecule has 0 nitrogen and oxygen atoms in total. The SMILES string of the molecule is CCC=CCC=CCC=CCC=C=CCCBr. The Kier molecular flexibility index (Phi) is 14.5. The molecule has 0 spiro atoms. The maximum Gasteiger partial charge on any atom is 0.00719 e. The van der Waals surface area contributed by atoms with Crippen LogP contribution in [0.25, 0.3) is 0 Å². The molecule has 0 aromatic heterocycles. The minimum Gasteiger partial charge on any atom is -0.129 e. The van der Waals surface area contributed by atoms with Crippen LogP contribution in [-0.4, -0.2) is 5.33 Å². The second-order valence-corrected chi connectivity index (χ2v) is 4.38. The third kappa shape index (κ3) is 15.2. The van der Waals surface area contributed by atoms with Gasteiger partial charge < -0.3 is 0 Å². The smallest absolute Gasteiger partial charge is 0.00719 e. The van der Waals surface area contributed by atoms with Crippen LogP contribution in [0, 0.1) is 0 Å². The predicted molar refractivity (Wildman–Crippen MR) is 82.6 cm³/mol. The molecule has 0 N–H and O–H groups in total. The lowest BCUT2D eigenvalue weighted by Crippen LogP contribution is -1.63. The quantitative estimate of drug-likeness (QED) is 0.289. The molecule has 0 radical (unpaired) electrons. The Morgan fingerprint density at radius 3 is 2.00 bits per heavy atom. The maximum atomic E-state index is 3.37. The molecule has 0 aliphatic heterocycles. The van der Waals surface area contributed by atoms with E-state index in [0.29, 0.717) is 0 Å². The van der Waals surface area contributed by atoms with Crippen molar-refractivity contribution >= 4 is 15.9 Å². The fourth-order valence-corrected chi connectivity index (χ4v) is 1.39. The van der Waals surface area contributed by atoms with Crippen molar-refractivity contribution in [2.24, 2.45) is 0 Å². The number of hydrogen-bond acceptors (Lipinski definition) is 0. The number of rotatable bonds is 9. The number of halogens is 1. The van der Waals surface area contributed by atoms with Gasteiger partial charge in [0.1, 0.15) is 0 Å². The van der Waals surface area contributed by atoms with E-state index in [4.69, 9.17) is 0 Å². The van der Waals surface area contributed by atoms with Crippen LogP contribution >= 0.6 is 15.9 Å². The monoisotopic (exact) mass is 294 g/mol. The van der Waals surface area contributed by atoms with E-state index in [-0.39, 0.29) is 0 Å². The Morgan fingerprint density at radius 2 is 1.41 bits per heavy atom. The first-order valence-corrected chi connectivity index (χ1v) is 7.44. The van der Waals surface area contributed by atoms with Gasteiger partial charge in [0, 0.05) is 5.33 Å². The topological polar surface area (TPSA) is 0 Å². The average Bonchev–Trinajstić information content (AvgIpc) is 2.35. The first kappa shape index (κ1) is 16.2. The highest BCUT2D eigenvalue weighted by Crippen LogP contribution is 1.94. The van der Waals surface area contributed by atoms with Gasteiger partial charge in [0.05, 0.1) is 0 Å². The summed E-state index contributed by atoms with van der Waals surface area (Å²) in [5.41, 5.74) is 3.15. The molecule has 0 rings (SSSR count). The van der Waals surface area contributed by atoms with Gasteiger partial charge in [-0.3, -0.25) is 0 Å². The Balaban J connectivity index is 3.48. The molecule has 0 amide bonds. The van der Waals surface area contributed by atoms with Crippen molar-refractivity contribution in [3.8, 4) is 0 Å². The van der Waals surface area contributed by atoms with E-state index >= 15 is 0 Å². The van der Waals surface area contributed by atoms with E-state index in [0.717, 1.165) is 37.4 Å². The highest BCUT2D eigenvalue weighted by atomic mass is 79.9. The molecule has 0 aliphatic rings. The molecule has 0 aromatic rings. The van der Waals surface area contributed by atoms with Gasteiger partial charge in [-0.25, -0.2) is 0 Å². The molecule has 0 unspecified atom stereocenters. The summed E-state index contributed by atoms with van der Waals surface area (Å²) in [6.07, 6.45) is 22.6. The van der Waals surface area contributed by atoms with Gasteiger partial charge in [0.25, 0.3) is 0 Å². The van der Waals surface area contributed by atoms with Crippen LogP contribution in [0.1, 0.15) is 39.0 Å². The van der Waals surface area contributed by atoms with Gasteiger partial charge in [-0.2, -0.15) is 0 Å². The third-order valence-corrected chi connectivity index (χ3v) is 2.48. The lowest BCUT2D eigenvalue weighted by atomic mass is 10.2. The van der Waals surface area contributed by atoms with E-state index in [1.165, 1.54) is 0 Å². The van der Waals surface area contributed by atoms with Gasteiger partial charge in [-0.05, 0) is 44.3 Å². The summed E-state index contributed by atoms with van der Waals surface area (Å²) in [6, 6.07) is 0. The van der Waals surface area contributed by atoms with Crippen molar-refractivity contribution in [1.82, 2.24) is 0 Å². The second kappa shape index (κ2) is 15.2. The highest BCUT2D eigenvalue weighted by Gasteiger charge is 1.73. The van der Waals surface area contributed by atoms with Gasteiger partial charge in [0.15, 0.2) is 0 Å². The van der Waals surface area contributed by atoms with E-state index in [2.05, 4.69) is 77.2 Å². The van der Waals surface area contributed by atoms with E-state index in [1.54, 1.807) is 0 Å². The van der Waals surface area contributed by atoms with Crippen molar-refractivity contribution in [3.05, 3.63) is 54.3 Å². The molecule has 0 aromatic carbocycles. The van der Waals surface area contributed by atoms with Crippen LogP contribution in [0.3, 0.4) is 0 Å². The summed E-state index contributed by atoms with van der Waals surface area (Å²) in [5.74, 6) is 0. The summed E-state index contributed by atoms with van der Waals surface area (Å²) in [7, 11) is 0. The Morgan fingerprint density at radius 1 is 0.824 bits per heavy atom. The van der Waals surface area contributed by atoms with Crippen molar-refractivity contribution in [2.75, 3.05) is 5.33 Å². The van der Waals surface area contributed by atoms with E-state index < -0.39 is 0 Å². The minimum atomic E-state index is 0.975. The molecule has 17 heavy (non-hydrogen) atoms. The molecule has 1 heteroatoms. The Hall–Kier alpha value is -0.780. The molecular weight excluding hydrogens is 272 g/mol. The second-order valence-electron chi connectivity index (χ2n) is 3.58. The molecule has 0 saturated heterocycles. The predicted octanol–water partition coefficient (Wildman–Crippen LogP) is 5.73. The first-order valence-electron chi connectivity index (χ1n) is 6.32. The summed E-state index contributed by atoms with van der Waals surface area (Å²) >= 11 is 3.37. The van der Waals surface area contributed by atoms with Crippen LogP contribution in [0.4, 0.5) is 0 Å². The maximum absolute atomic E-state index is 3.37. The van der Waals surface area contributed by atoms with Crippen molar-refractivity contribution < 1.29 is 0 Å². The van der Waals surface area contributed by atoms with Gasteiger partial charge in [-0.15, -0.1) is 5.73 Å². The zero-order valence-electron chi connectivity index (χ0n) is 10.7. The van der Waals surface area contributed by atoms with Gasteiger partial charge >= 0.3 is 0 Å². The summed E-state index contributed by atoms with van der Waals surface area (Å²) in [5, 5.41) is 1.01. The van der Waals surface area contributed by atoms with Crippen LogP contribution < -0.4 is 0 Å². The Labute approximate surface area is 115 Å². The Bertz CT molecular complexity index is 289. The number of hydrogen-bond donors (Lipinski definition) is 0. The number of alkyl halides is 1. The zero-order chi connectivity index (χ0) is 12.6.